The molecule has 1 aliphatic rings. The van der Waals surface area contributed by atoms with Crippen molar-refractivity contribution in [2.24, 2.45) is 4.99 Å². The Labute approximate surface area is 242 Å². The van der Waals surface area contributed by atoms with Crippen LogP contribution in [0.25, 0.3) is 17.2 Å². The van der Waals surface area contributed by atoms with Crippen LogP contribution in [-0.4, -0.2) is 19.0 Å². The molecule has 184 valence electrons. The minimum Gasteiger partial charge on any atom is -0.493 e. The van der Waals surface area contributed by atoms with Crippen LogP contribution in [0.2, 0.25) is 0 Å². The number of hydrogen-bond acceptors (Lipinski definition) is 5. The lowest BCUT2D eigenvalue weighted by Crippen LogP contribution is -2.05. The van der Waals surface area contributed by atoms with Crippen LogP contribution in [-0.2, 0) is 16.1 Å². The summed E-state index contributed by atoms with van der Waals surface area (Å²) in [5, 5.41) is 0. The summed E-state index contributed by atoms with van der Waals surface area (Å²) in [7, 11) is 1.60. The fourth-order valence-corrected chi connectivity index (χ4v) is 5.18. The lowest BCUT2D eigenvalue weighted by atomic mass is 10.0. The van der Waals surface area contributed by atoms with Gasteiger partial charge in [0.2, 0.25) is 5.90 Å². The van der Waals surface area contributed by atoms with Gasteiger partial charge in [0.15, 0.2) is 17.2 Å². The van der Waals surface area contributed by atoms with E-state index in [0.29, 0.717) is 18.1 Å². The molecule has 0 aromatic heterocycles. The van der Waals surface area contributed by atoms with Crippen molar-refractivity contribution in [3.05, 3.63) is 121 Å². The normalized spacial score (nSPS) is 13.9. The fraction of sp³-hybridized carbons (Fsp3) is 0.0667. The molecule has 0 aliphatic carbocycles. The molecule has 5 nitrogen and oxygen atoms in total. The Bertz CT molecular complexity index is 1510. The first-order valence-electron chi connectivity index (χ1n) is 11.4. The van der Waals surface area contributed by atoms with Gasteiger partial charge in [-0.2, -0.15) is 0 Å². The van der Waals surface area contributed by atoms with E-state index >= 15 is 0 Å². The third-order valence-corrected chi connectivity index (χ3v) is 7.60. The number of halogens is 2. The van der Waals surface area contributed by atoms with Crippen LogP contribution < -0.4 is 9.47 Å². The summed E-state index contributed by atoms with van der Waals surface area (Å²) in [5.41, 5.74) is 5.03. The van der Waals surface area contributed by atoms with Crippen molar-refractivity contribution in [2.75, 3.05) is 7.11 Å². The van der Waals surface area contributed by atoms with Gasteiger partial charge in [0.1, 0.15) is 6.61 Å². The molecular weight excluding hydrogens is 692 g/mol. The maximum absolute atomic E-state index is 12.6. The van der Waals surface area contributed by atoms with E-state index < -0.39 is 5.97 Å². The molecule has 0 amide bonds. The van der Waals surface area contributed by atoms with E-state index in [2.05, 4.69) is 62.3 Å². The largest absolute Gasteiger partial charge is 0.493 e. The first-order valence-corrected chi connectivity index (χ1v) is 13.6. The number of carbonyl (C=O) groups excluding carboxylic acids is 1. The topological polar surface area (TPSA) is 57.1 Å². The van der Waals surface area contributed by atoms with Crippen molar-refractivity contribution < 1.29 is 19.0 Å². The van der Waals surface area contributed by atoms with Gasteiger partial charge in [-0.1, -0.05) is 60.7 Å². The third-order valence-electron chi connectivity index (χ3n) is 5.74. The summed E-state index contributed by atoms with van der Waals surface area (Å²) >= 11 is 4.51. The van der Waals surface area contributed by atoms with Crippen molar-refractivity contribution in [1.82, 2.24) is 0 Å². The van der Waals surface area contributed by atoms with E-state index in [9.17, 15) is 4.79 Å². The molecule has 1 heterocycles. The van der Waals surface area contributed by atoms with Crippen molar-refractivity contribution in [2.45, 2.75) is 6.61 Å². The molecule has 5 rings (SSSR count). The molecule has 0 atom stereocenters. The van der Waals surface area contributed by atoms with E-state index in [1.54, 1.807) is 13.2 Å². The Kier molecular flexibility index (Phi) is 7.90. The molecule has 0 spiro atoms. The van der Waals surface area contributed by atoms with Gasteiger partial charge in [-0.3, -0.25) is 0 Å². The van der Waals surface area contributed by atoms with Crippen LogP contribution in [0.1, 0.15) is 16.7 Å². The molecule has 0 saturated carbocycles. The molecule has 4 aromatic carbocycles. The third kappa shape index (κ3) is 5.88. The smallest absolute Gasteiger partial charge is 0.363 e. The Morgan fingerprint density at radius 3 is 2.24 bits per heavy atom. The van der Waals surface area contributed by atoms with Crippen molar-refractivity contribution in [3.8, 4) is 22.6 Å². The maximum atomic E-state index is 12.6. The van der Waals surface area contributed by atoms with Gasteiger partial charge in [0.05, 0.1) is 10.7 Å². The molecular formula is C30H21I2NO4. The number of esters is 1. The molecule has 1 aliphatic heterocycles. The summed E-state index contributed by atoms with van der Waals surface area (Å²) < 4.78 is 19.2. The van der Waals surface area contributed by atoms with Crippen LogP contribution in [0.15, 0.2) is 102 Å². The number of aliphatic imine (C=N–C) groups is 1. The minimum atomic E-state index is -0.491. The van der Waals surface area contributed by atoms with Gasteiger partial charge in [-0.25, -0.2) is 9.79 Å². The molecule has 7 heteroatoms. The Morgan fingerprint density at radius 1 is 0.838 bits per heavy atom. The van der Waals surface area contributed by atoms with Gasteiger partial charge < -0.3 is 14.2 Å². The van der Waals surface area contributed by atoms with Crippen LogP contribution in [0.5, 0.6) is 11.5 Å². The molecule has 4 aromatic rings. The van der Waals surface area contributed by atoms with Crippen LogP contribution in [0, 0.1) is 7.14 Å². The first kappa shape index (κ1) is 25.5. The fourth-order valence-electron chi connectivity index (χ4n) is 3.85. The van der Waals surface area contributed by atoms with Gasteiger partial charge >= 0.3 is 5.97 Å². The van der Waals surface area contributed by atoms with Gasteiger partial charge in [-0.05, 0) is 98.3 Å². The molecule has 0 bridgehead atoms. The summed E-state index contributed by atoms with van der Waals surface area (Å²) in [6.45, 7) is 0.426. The van der Waals surface area contributed by atoms with E-state index in [0.717, 1.165) is 35.0 Å². The van der Waals surface area contributed by atoms with Gasteiger partial charge in [-0.15, -0.1) is 0 Å². The summed E-state index contributed by atoms with van der Waals surface area (Å²) in [5.74, 6) is 1.03. The zero-order chi connectivity index (χ0) is 25.8. The summed E-state index contributed by atoms with van der Waals surface area (Å²) in [6.07, 6.45) is 1.70. The number of ether oxygens (including phenoxy) is 3. The zero-order valence-electron chi connectivity index (χ0n) is 19.8. The van der Waals surface area contributed by atoms with Gasteiger partial charge in [0, 0.05) is 14.7 Å². The minimum absolute atomic E-state index is 0.229. The van der Waals surface area contributed by atoms with E-state index in [-0.39, 0.29) is 11.6 Å². The number of carbonyl (C=O) groups is 1. The second-order valence-electron chi connectivity index (χ2n) is 8.19. The first-order chi connectivity index (χ1) is 18.0. The van der Waals surface area contributed by atoms with Crippen molar-refractivity contribution in [1.29, 1.82) is 0 Å². The average Bonchev–Trinajstić information content (AvgIpc) is 3.29. The Hall–Kier alpha value is -3.18. The van der Waals surface area contributed by atoms with Crippen LogP contribution in [0.4, 0.5) is 0 Å². The standard InChI is InChI=1S/C30H21I2NO4/c1-35-27-17-19(15-25(32)28(27)36-18-23-9-5-6-10-24(23)31)16-26-30(34)37-29(33-26)22-13-11-21(12-14-22)20-7-3-2-4-8-20/h2-17H,18H2,1H3/b26-16-. The summed E-state index contributed by atoms with van der Waals surface area (Å²) in [4.78, 5) is 17.0. The van der Waals surface area contributed by atoms with E-state index in [1.807, 2.05) is 78.9 Å². The van der Waals surface area contributed by atoms with Gasteiger partial charge in [0.25, 0.3) is 0 Å². The maximum Gasteiger partial charge on any atom is 0.363 e. The second kappa shape index (κ2) is 11.5. The molecule has 0 N–H and O–H groups in total. The average molecular weight is 713 g/mol. The molecule has 0 saturated heterocycles. The molecule has 0 fully saturated rings. The highest BCUT2D eigenvalue weighted by molar-refractivity contribution is 14.1. The number of methoxy groups -OCH3 is 1. The monoisotopic (exact) mass is 713 g/mol. The number of cyclic esters (lactones) is 1. The van der Waals surface area contributed by atoms with Crippen molar-refractivity contribution in [3.63, 3.8) is 0 Å². The zero-order valence-corrected chi connectivity index (χ0v) is 24.1. The van der Waals surface area contributed by atoms with E-state index in [4.69, 9.17) is 14.2 Å². The highest BCUT2D eigenvalue weighted by Gasteiger charge is 2.24. The lowest BCUT2D eigenvalue weighted by molar-refractivity contribution is -0.129. The van der Waals surface area contributed by atoms with Crippen LogP contribution >= 0.6 is 45.2 Å². The molecule has 0 radical (unpaired) electrons. The van der Waals surface area contributed by atoms with E-state index in [1.165, 1.54) is 0 Å². The molecule has 0 unspecified atom stereocenters. The Balaban J connectivity index is 1.37. The lowest BCUT2D eigenvalue weighted by Gasteiger charge is -2.14. The number of benzene rings is 4. The highest BCUT2D eigenvalue weighted by Crippen LogP contribution is 2.36. The highest BCUT2D eigenvalue weighted by atomic mass is 127. The predicted octanol–water partition coefficient (Wildman–Crippen LogP) is 7.49. The Morgan fingerprint density at radius 2 is 1.51 bits per heavy atom. The van der Waals surface area contributed by atoms with Crippen molar-refractivity contribution >= 4 is 63.1 Å². The number of rotatable bonds is 7. The summed E-state index contributed by atoms with van der Waals surface area (Å²) in [6, 6.07) is 29.7. The molecule has 37 heavy (non-hydrogen) atoms. The predicted molar refractivity (Wildman–Crippen MR) is 162 cm³/mol. The SMILES string of the molecule is COc1cc(/C=C2\N=C(c3ccc(-c4ccccc4)cc3)OC2=O)cc(I)c1OCc1ccccc1I. The van der Waals surface area contributed by atoms with Crippen LogP contribution in [0.3, 0.4) is 0 Å². The second-order valence-corrected chi connectivity index (χ2v) is 10.5. The number of hydrogen-bond donors (Lipinski definition) is 0. The quantitative estimate of drug-likeness (QED) is 0.113. The number of nitrogens with zero attached hydrogens (tertiary/aromatic N) is 1.